The van der Waals surface area contributed by atoms with Gasteiger partial charge in [-0.15, -0.1) is 0 Å². The van der Waals surface area contributed by atoms with Crippen LogP contribution in [0.15, 0.2) is 36.5 Å². The van der Waals surface area contributed by atoms with E-state index in [0.717, 1.165) is 36.2 Å². The Labute approximate surface area is 142 Å². The number of carbonyl (C=O) groups excluding carboxylic acids is 1. The first-order valence-corrected chi connectivity index (χ1v) is 8.56. The predicted octanol–water partition coefficient (Wildman–Crippen LogP) is 2.60. The summed E-state index contributed by atoms with van der Waals surface area (Å²) in [5.41, 5.74) is 2.47. The second-order valence-corrected chi connectivity index (χ2v) is 6.26. The molecule has 5 heteroatoms. The average Bonchev–Trinajstić information content (AvgIpc) is 3.17. The molecule has 2 N–H and O–H groups in total. The molecule has 0 spiro atoms. The topological polar surface area (TPSA) is 75.1 Å². The van der Waals surface area contributed by atoms with E-state index in [0.29, 0.717) is 18.2 Å². The van der Waals surface area contributed by atoms with E-state index in [1.54, 1.807) is 12.3 Å². The van der Waals surface area contributed by atoms with Crippen LogP contribution in [-0.4, -0.2) is 27.5 Å². The van der Waals surface area contributed by atoms with Crippen LogP contribution in [0.2, 0.25) is 0 Å². The third-order valence-electron chi connectivity index (χ3n) is 4.53. The van der Waals surface area contributed by atoms with Crippen molar-refractivity contribution in [3.8, 4) is 0 Å². The zero-order chi connectivity index (χ0) is 16.8. The van der Waals surface area contributed by atoms with E-state index in [2.05, 4.69) is 15.3 Å². The van der Waals surface area contributed by atoms with Gasteiger partial charge in [-0.25, -0.2) is 9.97 Å². The van der Waals surface area contributed by atoms with E-state index in [4.69, 9.17) is 5.11 Å². The maximum atomic E-state index is 12.3. The van der Waals surface area contributed by atoms with Crippen LogP contribution in [0.1, 0.15) is 59.0 Å². The van der Waals surface area contributed by atoms with Crippen LogP contribution in [-0.2, 0) is 13.0 Å². The molecule has 0 unspecified atom stereocenters. The number of hydrogen-bond donors (Lipinski definition) is 2. The molecule has 1 aromatic heterocycles. The molecular weight excluding hydrogens is 302 g/mol. The number of rotatable bonds is 6. The minimum absolute atomic E-state index is 0.0497. The molecule has 3 rings (SSSR count). The highest BCUT2D eigenvalue weighted by atomic mass is 16.3. The highest BCUT2D eigenvalue weighted by Gasteiger charge is 2.20. The second kappa shape index (κ2) is 8.02. The minimum atomic E-state index is -0.149. The van der Waals surface area contributed by atoms with Gasteiger partial charge in [0.2, 0.25) is 0 Å². The van der Waals surface area contributed by atoms with Crippen molar-refractivity contribution in [2.24, 2.45) is 0 Å². The van der Waals surface area contributed by atoms with E-state index in [9.17, 15) is 4.79 Å². The number of benzene rings is 1. The molecule has 1 aliphatic carbocycles. The van der Waals surface area contributed by atoms with Gasteiger partial charge in [0.15, 0.2) is 0 Å². The van der Waals surface area contributed by atoms with Crippen LogP contribution in [0, 0.1) is 0 Å². The van der Waals surface area contributed by atoms with Crippen molar-refractivity contribution in [2.75, 3.05) is 6.54 Å². The van der Waals surface area contributed by atoms with Crippen LogP contribution < -0.4 is 5.32 Å². The normalized spacial score (nSPS) is 14.7. The smallest absolute Gasteiger partial charge is 0.270 e. The van der Waals surface area contributed by atoms with E-state index in [1.165, 1.54) is 12.8 Å². The summed E-state index contributed by atoms with van der Waals surface area (Å²) in [4.78, 5) is 21.1. The summed E-state index contributed by atoms with van der Waals surface area (Å²) < 4.78 is 0. The Morgan fingerprint density at radius 2 is 1.83 bits per heavy atom. The van der Waals surface area contributed by atoms with Gasteiger partial charge in [-0.05, 0) is 36.5 Å². The number of aliphatic hydroxyl groups excluding tert-OH is 1. The number of hydrogen-bond acceptors (Lipinski definition) is 4. The van der Waals surface area contributed by atoms with Gasteiger partial charge >= 0.3 is 0 Å². The van der Waals surface area contributed by atoms with Gasteiger partial charge in [-0.1, -0.05) is 37.1 Å². The molecule has 5 nitrogen and oxygen atoms in total. The second-order valence-electron chi connectivity index (χ2n) is 6.26. The molecule has 1 fully saturated rings. The van der Waals surface area contributed by atoms with Crippen LogP contribution in [0.4, 0.5) is 0 Å². The van der Waals surface area contributed by atoms with Gasteiger partial charge in [0, 0.05) is 18.7 Å². The Morgan fingerprint density at radius 3 is 2.54 bits per heavy atom. The maximum absolute atomic E-state index is 12.3. The number of amides is 1. The fraction of sp³-hybridized carbons (Fsp3) is 0.421. The zero-order valence-electron chi connectivity index (χ0n) is 13.7. The summed E-state index contributed by atoms with van der Waals surface area (Å²) in [7, 11) is 0. The Bertz CT molecular complexity index is 679. The molecule has 0 radical (unpaired) electrons. The minimum Gasteiger partial charge on any atom is -0.392 e. The van der Waals surface area contributed by atoms with Crippen LogP contribution >= 0.6 is 0 Å². The molecule has 1 aromatic carbocycles. The lowest BCUT2D eigenvalue weighted by Crippen LogP contribution is -2.27. The van der Waals surface area contributed by atoms with E-state index in [-0.39, 0.29) is 12.5 Å². The van der Waals surface area contributed by atoms with Crippen molar-refractivity contribution in [3.05, 3.63) is 59.2 Å². The molecular formula is C19H23N3O2. The van der Waals surface area contributed by atoms with E-state index in [1.807, 2.05) is 24.3 Å². The van der Waals surface area contributed by atoms with Crippen molar-refractivity contribution in [3.63, 3.8) is 0 Å². The fourth-order valence-electron chi connectivity index (χ4n) is 3.10. The lowest BCUT2D eigenvalue weighted by Gasteiger charge is -2.09. The summed E-state index contributed by atoms with van der Waals surface area (Å²) in [5.74, 6) is 1.06. The molecule has 24 heavy (non-hydrogen) atoms. The third kappa shape index (κ3) is 4.17. The molecule has 1 heterocycles. The molecule has 0 aliphatic heterocycles. The van der Waals surface area contributed by atoms with Crippen molar-refractivity contribution >= 4 is 5.91 Å². The van der Waals surface area contributed by atoms with Gasteiger partial charge in [-0.3, -0.25) is 4.79 Å². The summed E-state index contributed by atoms with van der Waals surface area (Å²) in [6.45, 7) is 0.605. The Morgan fingerprint density at radius 1 is 1.12 bits per heavy atom. The molecule has 0 bridgehead atoms. The summed E-state index contributed by atoms with van der Waals surface area (Å²) in [6.07, 6.45) is 7.12. The number of nitrogens with zero attached hydrogens (tertiary/aromatic N) is 2. The van der Waals surface area contributed by atoms with Gasteiger partial charge in [0.1, 0.15) is 11.5 Å². The SMILES string of the molecule is O=C(NCCc1ccc(CO)cc1)c1ccnc(C2CCCC2)n1. The van der Waals surface area contributed by atoms with Gasteiger partial charge in [0.05, 0.1) is 6.61 Å². The maximum Gasteiger partial charge on any atom is 0.270 e. The monoisotopic (exact) mass is 325 g/mol. The van der Waals surface area contributed by atoms with Crippen molar-refractivity contribution in [1.82, 2.24) is 15.3 Å². The molecule has 1 amide bonds. The standard InChI is InChI=1S/C19H23N3O2/c23-13-15-7-5-14(6-8-15)9-11-21-19(24)17-10-12-20-18(22-17)16-3-1-2-4-16/h5-8,10,12,16,23H,1-4,9,11,13H2,(H,21,24). The summed E-state index contributed by atoms with van der Waals surface area (Å²) >= 11 is 0. The first-order chi connectivity index (χ1) is 11.8. The molecule has 126 valence electrons. The first kappa shape index (κ1) is 16.6. The number of carbonyl (C=O) groups is 1. The molecule has 1 aliphatic rings. The molecule has 0 saturated heterocycles. The van der Waals surface area contributed by atoms with Crippen LogP contribution in [0.3, 0.4) is 0 Å². The summed E-state index contributed by atoms with van der Waals surface area (Å²) in [5, 5.41) is 12.0. The van der Waals surface area contributed by atoms with Gasteiger partial charge < -0.3 is 10.4 Å². The Kier molecular flexibility index (Phi) is 5.54. The molecule has 0 atom stereocenters. The third-order valence-corrected chi connectivity index (χ3v) is 4.53. The predicted molar refractivity (Wildman–Crippen MR) is 91.6 cm³/mol. The van der Waals surface area contributed by atoms with Gasteiger partial charge in [0.25, 0.3) is 5.91 Å². The first-order valence-electron chi connectivity index (χ1n) is 8.56. The van der Waals surface area contributed by atoms with Crippen molar-refractivity contribution in [1.29, 1.82) is 0 Å². The highest BCUT2D eigenvalue weighted by molar-refractivity contribution is 5.92. The summed E-state index contributed by atoms with van der Waals surface area (Å²) in [6, 6.07) is 9.41. The van der Waals surface area contributed by atoms with Crippen molar-refractivity contribution in [2.45, 2.75) is 44.6 Å². The quantitative estimate of drug-likeness (QED) is 0.856. The average molecular weight is 325 g/mol. The lowest BCUT2D eigenvalue weighted by molar-refractivity contribution is 0.0948. The Balaban J connectivity index is 1.53. The largest absolute Gasteiger partial charge is 0.392 e. The number of nitrogens with one attached hydrogen (secondary N) is 1. The van der Waals surface area contributed by atoms with E-state index < -0.39 is 0 Å². The lowest BCUT2D eigenvalue weighted by atomic mass is 10.1. The van der Waals surface area contributed by atoms with Crippen LogP contribution in [0.5, 0.6) is 0 Å². The number of aromatic nitrogens is 2. The van der Waals surface area contributed by atoms with Gasteiger partial charge in [-0.2, -0.15) is 0 Å². The fourth-order valence-corrected chi connectivity index (χ4v) is 3.10. The van der Waals surface area contributed by atoms with Crippen LogP contribution in [0.25, 0.3) is 0 Å². The zero-order valence-corrected chi connectivity index (χ0v) is 13.7. The molecule has 2 aromatic rings. The Hall–Kier alpha value is -2.27. The number of aliphatic hydroxyl groups is 1. The molecule has 1 saturated carbocycles. The highest BCUT2D eigenvalue weighted by Crippen LogP contribution is 2.31. The van der Waals surface area contributed by atoms with E-state index >= 15 is 0 Å². The van der Waals surface area contributed by atoms with Crippen molar-refractivity contribution < 1.29 is 9.90 Å².